The van der Waals surface area contributed by atoms with Gasteiger partial charge in [0.15, 0.2) is 0 Å². The molecule has 1 aliphatic rings. The van der Waals surface area contributed by atoms with Gasteiger partial charge in [0.25, 0.3) is 5.91 Å². The molecule has 1 aliphatic heterocycles. The fourth-order valence-corrected chi connectivity index (χ4v) is 1.24. The molecule has 0 radical (unpaired) electrons. The Kier molecular flexibility index (Phi) is 2.78. The van der Waals surface area contributed by atoms with Gasteiger partial charge in [-0.2, -0.15) is 0 Å². The van der Waals surface area contributed by atoms with Crippen molar-refractivity contribution >= 4 is 17.9 Å². The molecule has 0 saturated heterocycles. The second kappa shape index (κ2) is 4.41. The van der Waals surface area contributed by atoms with Gasteiger partial charge >= 0.3 is 0 Å². The maximum atomic E-state index is 11.6. The molecule has 1 amide bonds. The number of hydrogen-bond acceptors (Lipinski definition) is 3. The molecule has 0 fully saturated rings. The van der Waals surface area contributed by atoms with Crippen LogP contribution < -0.4 is 10.6 Å². The number of para-hydroxylation sites is 1. The lowest BCUT2D eigenvalue weighted by Crippen LogP contribution is -2.21. The third kappa shape index (κ3) is 2.43. The van der Waals surface area contributed by atoms with Gasteiger partial charge in [-0.25, -0.2) is 4.99 Å². The molecule has 1 aromatic carbocycles. The van der Waals surface area contributed by atoms with Crippen LogP contribution in [-0.2, 0) is 4.79 Å². The molecule has 0 unspecified atom stereocenters. The van der Waals surface area contributed by atoms with E-state index in [2.05, 4.69) is 15.6 Å². The molecule has 0 aromatic heterocycles. The van der Waals surface area contributed by atoms with Crippen molar-refractivity contribution in [1.82, 2.24) is 5.32 Å². The lowest BCUT2D eigenvalue weighted by atomic mass is 10.3. The summed E-state index contributed by atoms with van der Waals surface area (Å²) in [5, 5.41) is 5.65. The summed E-state index contributed by atoms with van der Waals surface area (Å²) < 4.78 is 0. The van der Waals surface area contributed by atoms with E-state index < -0.39 is 0 Å². The largest absolute Gasteiger partial charge is 0.373 e. The van der Waals surface area contributed by atoms with E-state index in [0.29, 0.717) is 12.2 Å². The molecular formula is C11H11N3O. The second-order valence-corrected chi connectivity index (χ2v) is 3.08. The van der Waals surface area contributed by atoms with Crippen LogP contribution in [0.15, 0.2) is 47.1 Å². The average molecular weight is 201 g/mol. The van der Waals surface area contributed by atoms with Crippen LogP contribution in [0, 0.1) is 0 Å². The summed E-state index contributed by atoms with van der Waals surface area (Å²) >= 11 is 0. The molecule has 2 N–H and O–H groups in total. The van der Waals surface area contributed by atoms with Crippen LogP contribution in [0.4, 0.5) is 5.69 Å². The van der Waals surface area contributed by atoms with Gasteiger partial charge in [0, 0.05) is 12.2 Å². The first kappa shape index (κ1) is 9.45. The van der Waals surface area contributed by atoms with E-state index in [1.807, 2.05) is 30.3 Å². The van der Waals surface area contributed by atoms with E-state index in [9.17, 15) is 4.79 Å². The first-order valence-electron chi connectivity index (χ1n) is 4.69. The number of carbonyl (C=O) groups is 1. The second-order valence-electron chi connectivity index (χ2n) is 3.08. The van der Waals surface area contributed by atoms with Gasteiger partial charge in [-0.15, -0.1) is 0 Å². The van der Waals surface area contributed by atoms with Crippen LogP contribution in [0.3, 0.4) is 0 Å². The Hall–Kier alpha value is -2.10. The molecule has 0 saturated carbocycles. The lowest BCUT2D eigenvalue weighted by Gasteiger charge is -2.08. The van der Waals surface area contributed by atoms with E-state index >= 15 is 0 Å². The molecular weight excluding hydrogens is 190 g/mol. The number of rotatable bonds is 2. The molecule has 1 aromatic rings. The molecule has 0 spiro atoms. The standard InChI is InChI=1S/C11H11N3O/c15-11(10-6-7-12-8-13-10)14-9-4-2-1-3-5-9/h1-6,8H,7H2,(H,12,13)(H,14,15). The van der Waals surface area contributed by atoms with Crippen LogP contribution in [0.25, 0.3) is 0 Å². The summed E-state index contributed by atoms with van der Waals surface area (Å²) in [5.74, 6) is -0.182. The molecule has 0 aliphatic carbocycles. The number of amides is 1. The number of aliphatic imine (C=N–C) groups is 1. The highest BCUT2D eigenvalue weighted by atomic mass is 16.2. The van der Waals surface area contributed by atoms with Gasteiger partial charge in [-0.1, -0.05) is 18.2 Å². The Morgan fingerprint density at radius 3 is 2.80 bits per heavy atom. The topological polar surface area (TPSA) is 53.5 Å². The minimum atomic E-state index is -0.182. The number of hydrogen-bond donors (Lipinski definition) is 2. The smallest absolute Gasteiger partial charge is 0.274 e. The van der Waals surface area contributed by atoms with Gasteiger partial charge in [-0.05, 0) is 18.2 Å². The van der Waals surface area contributed by atoms with Crippen molar-refractivity contribution in [2.45, 2.75) is 0 Å². The van der Waals surface area contributed by atoms with E-state index in [0.717, 1.165) is 5.69 Å². The van der Waals surface area contributed by atoms with Crippen LogP contribution >= 0.6 is 0 Å². The zero-order valence-corrected chi connectivity index (χ0v) is 8.10. The minimum Gasteiger partial charge on any atom is -0.373 e. The van der Waals surface area contributed by atoms with Gasteiger partial charge in [0.05, 0.1) is 6.34 Å². The fourth-order valence-electron chi connectivity index (χ4n) is 1.24. The highest BCUT2D eigenvalue weighted by Gasteiger charge is 2.09. The van der Waals surface area contributed by atoms with Gasteiger partial charge in [0.1, 0.15) is 5.70 Å². The first-order chi connectivity index (χ1) is 7.36. The van der Waals surface area contributed by atoms with Crippen LogP contribution in [0.5, 0.6) is 0 Å². The summed E-state index contributed by atoms with van der Waals surface area (Å²) in [7, 11) is 0. The Morgan fingerprint density at radius 2 is 2.13 bits per heavy atom. The maximum Gasteiger partial charge on any atom is 0.274 e. The van der Waals surface area contributed by atoms with Crippen molar-refractivity contribution in [3.05, 3.63) is 42.1 Å². The molecule has 0 bridgehead atoms. The molecule has 0 atom stereocenters. The minimum absolute atomic E-state index is 0.182. The van der Waals surface area contributed by atoms with Crippen LogP contribution in [-0.4, -0.2) is 18.8 Å². The molecule has 2 rings (SSSR count). The van der Waals surface area contributed by atoms with Crippen LogP contribution in [0.1, 0.15) is 0 Å². The third-order valence-corrected chi connectivity index (χ3v) is 1.97. The number of anilines is 1. The molecule has 15 heavy (non-hydrogen) atoms. The van der Waals surface area contributed by atoms with Gasteiger partial charge < -0.3 is 10.6 Å². The molecule has 4 nitrogen and oxygen atoms in total. The summed E-state index contributed by atoms with van der Waals surface area (Å²) in [6.45, 7) is 0.640. The predicted molar refractivity (Wildman–Crippen MR) is 59.6 cm³/mol. The van der Waals surface area contributed by atoms with Gasteiger partial charge in [0.2, 0.25) is 0 Å². The van der Waals surface area contributed by atoms with E-state index in [4.69, 9.17) is 0 Å². The zero-order valence-electron chi connectivity index (χ0n) is 8.10. The van der Waals surface area contributed by atoms with Crippen molar-refractivity contribution in [3.63, 3.8) is 0 Å². The van der Waals surface area contributed by atoms with Crippen molar-refractivity contribution in [3.8, 4) is 0 Å². The normalized spacial score (nSPS) is 14.0. The SMILES string of the molecule is O=C(Nc1ccccc1)C1=CCNC=N1. The van der Waals surface area contributed by atoms with Gasteiger partial charge in [-0.3, -0.25) is 4.79 Å². The summed E-state index contributed by atoms with van der Waals surface area (Å²) in [5.41, 5.74) is 1.22. The fraction of sp³-hybridized carbons (Fsp3) is 0.0909. The Bertz CT molecular complexity index is 409. The predicted octanol–water partition coefficient (Wildman–Crippen LogP) is 1.14. The highest BCUT2D eigenvalue weighted by Crippen LogP contribution is 2.08. The van der Waals surface area contributed by atoms with Crippen molar-refractivity contribution < 1.29 is 4.79 Å². The Morgan fingerprint density at radius 1 is 1.33 bits per heavy atom. The Labute approximate surface area is 87.7 Å². The number of nitrogens with zero attached hydrogens (tertiary/aromatic N) is 1. The van der Waals surface area contributed by atoms with Crippen molar-refractivity contribution in [2.24, 2.45) is 4.99 Å². The third-order valence-electron chi connectivity index (χ3n) is 1.97. The van der Waals surface area contributed by atoms with Crippen molar-refractivity contribution in [2.75, 3.05) is 11.9 Å². The lowest BCUT2D eigenvalue weighted by molar-refractivity contribution is -0.112. The average Bonchev–Trinajstić information content (AvgIpc) is 2.31. The van der Waals surface area contributed by atoms with E-state index in [1.54, 1.807) is 6.08 Å². The number of nitrogens with one attached hydrogen (secondary N) is 2. The number of carbonyl (C=O) groups excluding carboxylic acids is 1. The highest BCUT2D eigenvalue weighted by molar-refractivity contribution is 6.04. The summed E-state index contributed by atoms with van der Waals surface area (Å²) in [6, 6.07) is 9.31. The summed E-state index contributed by atoms with van der Waals surface area (Å²) in [4.78, 5) is 15.6. The molecule has 1 heterocycles. The zero-order chi connectivity index (χ0) is 10.5. The first-order valence-corrected chi connectivity index (χ1v) is 4.69. The van der Waals surface area contributed by atoms with Crippen molar-refractivity contribution in [1.29, 1.82) is 0 Å². The molecule has 4 heteroatoms. The molecule has 76 valence electrons. The monoisotopic (exact) mass is 201 g/mol. The Balaban J connectivity index is 2.04. The number of benzene rings is 1. The van der Waals surface area contributed by atoms with E-state index in [1.165, 1.54) is 6.34 Å². The quantitative estimate of drug-likeness (QED) is 0.753. The van der Waals surface area contributed by atoms with E-state index in [-0.39, 0.29) is 5.91 Å². The summed E-state index contributed by atoms with van der Waals surface area (Å²) in [6.07, 6.45) is 3.28. The van der Waals surface area contributed by atoms with Crippen LogP contribution in [0.2, 0.25) is 0 Å². The maximum absolute atomic E-state index is 11.6.